The van der Waals surface area contributed by atoms with Gasteiger partial charge in [-0.05, 0) is 86.0 Å². The van der Waals surface area contributed by atoms with Crippen molar-refractivity contribution in [1.82, 2.24) is 0 Å². The van der Waals surface area contributed by atoms with Crippen LogP contribution in [0.25, 0.3) is 0 Å². The van der Waals surface area contributed by atoms with Crippen molar-refractivity contribution in [1.29, 1.82) is 0 Å². The Morgan fingerprint density at radius 3 is 2.52 bits per heavy atom. The highest BCUT2D eigenvalue weighted by Crippen LogP contribution is 2.65. The zero-order chi connectivity index (χ0) is 16.4. The molecule has 2 N–H and O–H groups in total. The fourth-order valence-corrected chi connectivity index (χ4v) is 6.89. The predicted molar refractivity (Wildman–Crippen MR) is 92.9 cm³/mol. The number of hydrogen-bond donors (Lipinski definition) is 2. The molecule has 0 spiro atoms. The molecule has 23 heavy (non-hydrogen) atoms. The van der Waals surface area contributed by atoms with E-state index in [4.69, 9.17) is 0 Å². The van der Waals surface area contributed by atoms with Crippen molar-refractivity contribution in [3.63, 3.8) is 0 Å². The van der Waals surface area contributed by atoms with E-state index in [0.717, 1.165) is 37.5 Å². The number of allylic oxidation sites excluding steroid dienone is 2. The van der Waals surface area contributed by atoms with Crippen LogP contribution >= 0.6 is 0 Å². The summed E-state index contributed by atoms with van der Waals surface area (Å²) in [6.07, 6.45) is 12.3. The van der Waals surface area contributed by atoms with Crippen molar-refractivity contribution in [3.8, 4) is 0 Å². The maximum absolute atomic E-state index is 10.2. The molecule has 0 aromatic heterocycles. The van der Waals surface area contributed by atoms with E-state index in [-0.39, 0.29) is 17.6 Å². The lowest BCUT2D eigenvalue weighted by atomic mass is 9.47. The summed E-state index contributed by atoms with van der Waals surface area (Å²) in [5.74, 6) is 2.23. The van der Waals surface area contributed by atoms with Crippen molar-refractivity contribution < 1.29 is 10.2 Å². The molecule has 2 fully saturated rings. The highest BCUT2D eigenvalue weighted by molar-refractivity contribution is 5.31. The molecule has 4 rings (SSSR count). The van der Waals surface area contributed by atoms with Crippen molar-refractivity contribution in [2.45, 2.75) is 77.9 Å². The van der Waals surface area contributed by atoms with Crippen LogP contribution in [0, 0.1) is 28.6 Å². The lowest BCUT2D eigenvalue weighted by molar-refractivity contribution is -0.0339. The Morgan fingerprint density at radius 1 is 1.04 bits per heavy atom. The van der Waals surface area contributed by atoms with Gasteiger partial charge in [0.15, 0.2) is 0 Å². The first-order valence-electron chi connectivity index (χ1n) is 9.62. The van der Waals surface area contributed by atoms with Crippen molar-refractivity contribution in [2.75, 3.05) is 0 Å². The van der Waals surface area contributed by atoms with Crippen molar-refractivity contribution in [2.24, 2.45) is 28.6 Å². The van der Waals surface area contributed by atoms with E-state index in [1.54, 1.807) is 5.57 Å². The van der Waals surface area contributed by atoms with Crippen LogP contribution < -0.4 is 0 Å². The summed E-state index contributed by atoms with van der Waals surface area (Å²) >= 11 is 0. The van der Waals surface area contributed by atoms with Gasteiger partial charge in [0.1, 0.15) is 0 Å². The van der Waals surface area contributed by atoms with Gasteiger partial charge in [-0.1, -0.05) is 31.6 Å². The minimum atomic E-state index is -0.295. The summed E-state index contributed by atoms with van der Waals surface area (Å²) in [6, 6.07) is 0. The molecule has 2 saturated carbocycles. The second-order valence-electron chi connectivity index (χ2n) is 9.18. The van der Waals surface area contributed by atoms with E-state index < -0.39 is 0 Å². The van der Waals surface area contributed by atoms with Crippen LogP contribution in [0.15, 0.2) is 23.3 Å². The van der Waals surface area contributed by atoms with Crippen LogP contribution in [-0.4, -0.2) is 22.4 Å². The Balaban J connectivity index is 1.66. The van der Waals surface area contributed by atoms with Gasteiger partial charge in [-0.3, -0.25) is 0 Å². The van der Waals surface area contributed by atoms with Crippen LogP contribution in [0.4, 0.5) is 0 Å². The highest BCUT2D eigenvalue weighted by Gasteiger charge is 2.56. The molecule has 128 valence electrons. The maximum atomic E-state index is 10.2. The molecule has 0 bridgehead atoms. The van der Waals surface area contributed by atoms with Crippen LogP contribution in [-0.2, 0) is 0 Å². The van der Waals surface area contributed by atoms with Gasteiger partial charge in [-0.2, -0.15) is 0 Å². The smallest absolute Gasteiger partial charge is 0.0727 e. The lowest BCUT2D eigenvalue weighted by Crippen LogP contribution is -2.50. The minimum absolute atomic E-state index is 0.116. The molecule has 0 heterocycles. The number of aliphatic hydroxyl groups is 2. The summed E-state index contributed by atoms with van der Waals surface area (Å²) in [5.41, 5.74) is 3.38. The molecule has 4 aliphatic rings. The average Bonchev–Trinajstić information content (AvgIpc) is 2.85. The van der Waals surface area contributed by atoms with E-state index >= 15 is 0 Å². The Labute approximate surface area is 140 Å². The third-order valence-electron chi connectivity index (χ3n) is 8.17. The Kier molecular flexibility index (Phi) is 3.59. The number of aliphatic hydroxyl groups excluding tert-OH is 2. The number of rotatable bonds is 1. The van der Waals surface area contributed by atoms with Gasteiger partial charge in [-0.15, -0.1) is 0 Å². The Morgan fingerprint density at radius 2 is 1.78 bits per heavy atom. The predicted octanol–water partition coefficient (Wildman–Crippen LogP) is 4.23. The highest BCUT2D eigenvalue weighted by atomic mass is 16.3. The second kappa shape index (κ2) is 5.20. The molecule has 0 aliphatic heterocycles. The molecule has 0 aromatic rings. The third kappa shape index (κ3) is 2.14. The van der Waals surface area contributed by atoms with Gasteiger partial charge in [-0.25, -0.2) is 0 Å². The zero-order valence-corrected chi connectivity index (χ0v) is 14.9. The minimum Gasteiger partial charge on any atom is -0.393 e. The normalized spacial score (nSPS) is 50.3. The monoisotopic (exact) mass is 316 g/mol. The third-order valence-corrected chi connectivity index (χ3v) is 8.17. The first-order valence-corrected chi connectivity index (χ1v) is 9.62. The molecule has 4 aliphatic carbocycles. The number of fused-ring (bicyclic) bond motifs is 5. The SMILES string of the molecule is C[C@H](O)C1=CC[C@@H]2[C@H]3CC=C4C[C@@H](O)CC[C@]4(C)[C@@H]3CC[C@@]12C. The van der Waals surface area contributed by atoms with E-state index in [9.17, 15) is 10.2 Å². The Hall–Kier alpha value is -0.600. The summed E-state index contributed by atoms with van der Waals surface area (Å²) in [7, 11) is 0. The molecule has 0 unspecified atom stereocenters. The van der Waals surface area contributed by atoms with Gasteiger partial charge in [0, 0.05) is 0 Å². The van der Waals surface area contributed by atoms with E-state index in [1.807, 2.05) is 6.92 Å². The van der Waals surface area contributed by atoms with Crippen LogP contribution in [0.3, 0.4) is 0 Å². The zero-order valence-electron chi connectivity index (χ0n) is 14.9. The van der Waals surface area contributed by atoms with Gasteiger partial charge in [0.05, 0.1) is 12.2 Å². The molecule has 0 radical (unpaired) electrons. The fourth-order valence-electron chi connectivity index (χ4n) is 6.89. The second-order valence-corrected chi connectivity index (χ2v) is 9.18. The molecule has 7 atom stereocenters. The van der Waals surface area contributed by atoms with Gasteiger partial charge in [0.25, 0.3) is 0 Å². The molecule has 0 aromatic carbocycles. The first kappa shape index (κ1) is 15.9. The van der Waals surface area contributed by atoms with E-state index in [0.29, 0.717) is 11.3 Å². The summed E-state index contributed by atoms with van der Waals surface area (Å²) in [6.45, 7) is 6.82. The Bertz CT molecular complexity index is 560. The molecular weight excluding hydrogens is 284 g/mol. The number of hydrogen-bond acceptors (Lipinski definition) is 2. The van der Waals surface area contributed by atoms with Crippen LogP contribution in [0.1, 0.15) is 65.7 Å². The van der Waals surface area contributed by atoms with E-state index in [2.05, 4.69) is 26.0 Å². The summed E-state index contributed by atoms with van der Waals surface area (Å²) in [5, 5.41) is 20.3. The molecular formula is C21H32O2. The molecule has 2 heteroatoms. The fraction of sp³-hybridized carbons (Fsp3) is 0.810. The van der Waals surface area contributed by atoms with Crippen LogP contribution in [0.2, 0.25) is 0 Å². The summed E-state index contributed by atoms with van der Waals surface area (Å²) < 4.78 is 0. The average molecular weight is 316 g/mol. The first-order chi connectivity index (χ1) is 10.9. The van der Waals surface area contributed by atoms with Gasteiger partial charge in [0.2, 0.25) is 0 Å². The summed E-state index contributed by atoms with van der Waals surface area (Å²) in [4.78, 5) is 0. The van der Waals surface area contributed by atoms with Gasteiger partial charge < -0.3 is 10.2 Å². The molecule has 2 nitrogen and oxygen atoms in total. The standard InChI is InChI=1S/C21H32O2/c1-13(22)17-6-7-18-16-5-4-14-12-15(23)8-10-20(14,2)19(16)9-11-21(17,18)3/h4,6,13,15-16,18-19,22-23H,5,7-12H2,1-3H3/t13-,15-,16+,18+,19+,20-,21-/m0/s1. The topological polar surface area (TPSA) is 40.5 Å². The molecule has 0 amide bonds. The quantitative estimate of drug-likeness (QED) is 0.711. The molecule has 0 saturated heterocycles. The van der Waals surface area contributed by atoms with Gasteiger partial charge >= 0.3 is 0 Å². The van der Waals surface area contributed by atoms with Crippen LogP contribution in [0.5, 0.6) is 0 Å². The lowest BCUT2D eigenvalue weighted by Gasteiger charge is -2.58. The van der Waals surface area contributed by atoms with Crippen molar-refractivity contribution >= 4 is 0 Å². The maximum Gasteiger partial charge on any atom is 0.0727 e. The largest absolute Gasteiger partial charge is 0.393 e. The van der Waals surface area contributed by atoms with E-state index in [1.165, 1.54) is 24.8 Å². The van der Waals surface area contributed by atoms with Crippen molar-refractivity contribution in [3.05, 3.63) is 23.3 Å².